The van der Waals surface area contributed by atoms with Crippen LogP contribution in [0.15, 0.2) is 72.8 Å². The number of ether oxygens (including phenoxy) is 2. The molecule has 0 spiro atoms. The van der Waals surface area contributed by atoms with E-state index < -0.39 is 24.7 Å². The highest BCUT2D eigenvalue weighted by atomic mass is 16.5. The van der Waals surface area contributed by atoms with Crippen LogP contribution in [-0.4, -0.2) is 42.3 Å². The van der Waals surface area contributed by atoms with Crippen molar-refractivity contribution in [1.82, 2.24) is 5.32 Å². The number of carboxylic acids is 1. The lowest BCUT2D eigenvalue weighted by atomic mass is 9.98. The molecule has 1 aliphatic rings. The standard InChI is InChI=1S/C27H26N2O6/c1-17(13-25(30)29-18-7-6-8-19(14-18)34-16-26(31)32)28-27(33)35-15-24-22-11-4-2-9-20(22)21-10-3-5-12-23(21)24/h2-12,14,17,24H,13,15-16H2,1H3,(H,28,33)(H,29,30)(H,31,32)/t17-/m0/s1. The van der Waals surface area contributed by atoms with Gasteiger partial charge in [0.05, 0.1) is 0 Å². The number of hydrogen-bond donors (Lipinski definition) is 3. The summed E-state index contributed by atoms with van der Waals surface area (Å²) >= 11 is 0. The summed E-state index contributed by atoms with van der Waals surface area (Å²) in [6.07, 6.45) is -0.555. The summed E-state index contributed by atoms with van der Waals surface area (Å²) in [5, 5.41) is 14.1. The van der Waals surface area contributed by atoms with Gasteiger partial charge in [-0.1, -0.05) is 54.6 Å². The normalized spacial score (nSPS) is 12.7. The van der Waals surface area contributed by atoms with Gasteiger partial charge in [-0.3, -0.25) is 4.79 Å². The van der Waals surface area contributed by atoms with Gasteiger partial charge in [0.15, 0.2) is 6.61 Å². The second kappa shape index (κ2) is 10.7. The number of carbonyl (C=O) groups is 3. The number of carboxylic acid groups (broad SMARTS) is 1. The average Bonchev–Trinajstić information content (AvgIpc) is 3.15. The molecule has 0 saturated heterocycles. The van der Waals surface area contributed by atoms with Crippen molar-refractivity contribution >= 4 is 23.7 Å². The number of aliphatic carboxylic acids is 1. The first-order valence-electron chi connectivity index (χ1n) is 11.3. The first-order valence-corrected chi connectivity index (χ1v) is 11.3. The van der Waals surface area contributed by atoms with Crippen molar-refractivity contribution in [3.8, 4) is 16.9 Å². The number of benzene rings is 3. The SMILES string of the molecule is C[C@@H](CC(=O)Nc1cccc(OCC(=O)O)c1)NC(=O)OCC1c2ccccc2-c2ccccc21. The second-order valence-electron chi connectivity index (χ2n) is 8.33. The van der Waals surface area contributed by atoms with Gasteiger partial charge in [-0.05, 0) is 41.3 Å². The Kier molecular flexibility index (Phi) is 7.30. The second-order valence-corrected chi connectivity index (χ2v) is 8.33. The van der Waals surface area contributed by atoms with Crippen LogP contribution in [0.1, 0.15) is 30.4 Å². The summed E-state index contributed by atoms with van der Waals surface area (Å²) < 4.78 is 10.6. The molecule has 180 valence electrons. The molecule has 3 aromatic rings. The summed E-state index contributed by atoms with van der Waals surface area (Å²) in [6.45, 7) is 1.44. The maximum absolute atomic E-state index is 12.4. The van der Waals surface area contributed by atoms with Crippen molar-refractivity contribution in [2.45, 2.75) is 25.3 Å². The predicted molar refractivity (Wildman–Crippen MR) is 130 cm³/mol. The van der Waals surface area contributed by atoms with E-state index in [1.54, 1.807) is 25.1 Å². The number of hydrogen-bond acceptors (Lipinski definition) is 5. The first-order chi connectivity index (χ1) is 16.9. The van der Waals surface area contributed by atoms with Crippen LogP contribution in [0.5, 0.6) is 5.75 Å². The Bertz CT molecular complexity index is 1200. The molecule has 0 bridgehead atoms. The van der Waals surface area contributed by atoms with Crippen LogP contribution in [0.3, 0.4) is 0 Å². The van der Waals surface area contributed by atoms with E-state index >= 15 is 0 Å². The highest BCUT2D eigenvalue weighted by molar-refractivity contribution is 5.91. The largest absolute Gasteiger partial charge is 0.482 e. The van der Waals surface area contributed by atoms with Crippen LogP contribution < -0.4 is 15.4 Å². The van der Waals surface area contributed by atoms with Crippen LogP contribution in [-0.2, 0) is 14.3 Å². The van der Waals surface area contributed by atoms with Gasteiger partial charge in [-0.15, -0.1) is 0 Å². The molecule has 8 heteroatoms. The topological polar surface area (TPSA) is 114 Å². The highest BCUT2D eigenvalue weighted by Crippen LogP contribution is 2.44. The zero-order chi connectivity index (χ0) is 24.8. The molecule has 0 unspecified atom stereocenters. The number of amides is 2. The Hall–Kier alpha value is -4.33. The molecule has 4 rings (SSSR count). The van der Waals surface area contributed by atoms with E-state index in [4.69, 9.17) is 14.6 Å². The van der Waals surface area contributed by atoms with E-state index in [1.807, 2.05) is 24.3 Å². The Balaban J connectivity index is 1.27. The fraction of sp³-hybridized carbons (Fsp3) is 0.222. The van der Waals surface area contributed by atoms with Gasteiger partial charge in [0.1, 0.15) is 12.4 Å². The van der Waals surface area contributed by atoms with Gasteiger partial charge in [0, 0.05) is 30.1 Å². The van der Waals surface area contributed by atoms with Crippen molar-refractivity contribution in [2.75, 3.05) is 18.5 Å². The van der Waals surface area contributed by atoms with Crippen molar-refractivity contribution in [3.63, 3.8) is 0 Å². The van der Waals surface area contributed by atoms with Gasteiger partial charge < -0.3 is 25.2 Å². The molecule has 3 aromatic carbocycles. The van der Waals surface area contributed by atoms with Crippen molar-refractivity contribution < 1.29 is 29.0 Å². The van der Waals surface area contributed by atoms with Gasteiger partial charge in [-0.2, -0.15) is 0 Å². The summed E-state index contributed by atoms with van der Waals surface area (Å²) in [7, 11) is 0. The zero-order valence-electron chi connectivity index (χ0n) is 19.2. The van der Waals surface area contributed by atoms with Gasteiger partial charge in [0.2, 0.25) is 5.91 Å². The third kappa shape index (κ3) is 5.97. The van der Waals surface area contributed by atoms with Gasteiger partial charge in [-0.25, -0.2) is 9.59 Å². The minimum Gasteiger partial charge on any atom is -0.482 e. The molecule has 0 fully saturated rings. The van der Waals surface area contributed by atoms with E-state index in [2.05, 4.69) is 34.9 Å². The lowest BCUT2D eigenvalue weighted by molar-refractivity contribution is -0.139. The Labute approximate surface area is 202 Å². The molecular weight excluding hydrogens is 448 g/mol. The van der Waals surface area contributed by atoms with Crippen molar-refractivity contribution in [3.05, 3.63) is 83.9 Å². The Morgan fingerprint density at radius 3 is 2.26 bits per heavy atom. The molecule has 0 heterocycles. The van der Waals surface area contributed by atoms with Crippen LogP contribution in [0.25, 0.3) is 11.1 Å². The van der Waals surface area contributed by atoms with Crippen molar-refractivity contribution in [2.24, 2.45) is 0 Å². The predicted octanol–water partition coefficient (Wildman–Crippen LogP) is 4.41. The molecule has 3 N–H and O–H groups in total. The minimum atomic E-state index is -1.09. The fourth-order valence-electron chi connectivity index (χ4n) is 4.19. The third-order valence-corrected chi connectivity index (χ3v) is 5.68. The molecule has 0 saturated carbocycles. The van der Waals surface area contributed by atoms with Crippen LogP contribution in [0.4, 0.5) is 10.5 Å². The molecular formula is C27H26N2O6. The molecule has 8 nitrogen and oxygen atoms in total. The van der Waals surface area contributed by atoms with Crippen LogP contribution >= 0.6 is 0 Å². The quantitative estimate of drug-likeness (QED) is 0.423. The first kappa shape index (κ1) is 23.8. The molecule has 35 heavy (non-hydrogen) atoms. The van der Waals surface area contributed by atoms with Crippen molar-refractivity contribution in [1.29, 1.82) is 0 Å². The molecule has 0 radical (unpaired) electrons. The summed E-state index contributed by atoms with van der Waals surface area (Å²) in [4.78, 5) is 35.4. The van der Waals surface area contributed by atoms with Crippen LogP contribution in [0.2, 0.25) is 0 Å². The number of alkyl carbamates (subject to hydrolysis) is 1. The van der Waals surface area contributed by atoms with Crippen LogP contribution in [0, 0.1) is 0 Å². The molecule has 1 aliphatic carbocycles. The number of rotatable bonds is 9. The maximum atomic E-state index is 12.4. The minimum absolute atomic E-state index is 0.0321. The summed E-state index contributed by atoms with van der Waals surface area (Å²) in [5.74, 6) is -1.11. The smallest absolute Gasteiger partial charge is 0.407 e. The van der Waals surface area contributed by atoms with E-state index in [0.29, 0.717) is 11.4 Å². The lowest BCUT2D eigenvalue weighted by Gasteiger charge is -2.17. The Morgan fingerprint density at radius 2 is 1.60 bits per heavy atom. The average molecular weight is 475 g/mol. The zero-order valence-corrected chi connectivity index (χ0v) is 19.2. The van der Waals surface area contributed by atoms with Gasteiger partial charge in [0.25, 0.3) is 0 Å². The third-order valence-electron chi connectivity index (χ3n) is 5.68. The van der Waals surface area contributed by atoms with E-state index in [9.17, 15) is 14.4 Å². The lowest BCUT2D eigenvalue weighted by Crippen LogP contribution is -2.36. The number of nitrogens with one attached hydrogen (secondary N) is 2. The Morgan fingerprint density at radius 1 is 0.943 bits per heavy atom. The highest BCUT2D eigenvalue weighted by Gasteiger charge is 2.29. The summed E-state index contributed by atoms with van der Waals surface area (Å²) in [6, 6.07) is 22.2. The number of anilines is 1. The van der Waals surface area contributed by atoms with E-state index in [-0.39, 0.29) is 24.9 Å². The maximum Gasteiger partial charge on any atom is 0.407 e. The monoisotopic (exact) mass is 474 g/mol. The van der Waals surface area contributed by atoms with E-state index in [1.165, 1.54) is 6.07 Å². The van der Waals surface area contributed by atoms with E-state index in [0.717, 1.165) is 22.3 Å². The molecule has 0 aliphatic heterocycles. The molecule has 2 amide bonds. The number of carbonyl (C=O) groups excluding carboxylic acids is 2. The van der Waals surface area contributed by atoms with Gasteiger partial charge >= 0.3 is 12.1 Å². The number of fused-ring (bicyclic) bond motifs is 3. The fourth-order valence-corrected chi connectivity index (χ4v) is 4.19. The molecule has 1 atom stereocenters. The molecule has 0 aromatic heterocycles. The summed E-state index contributed by atoms with van der Waals surface area (Å²) in [5.41, 5.74) is 5.03.